The van der Waals surface area contributed by atoms with Crippen LogP contribution in [-0.4, -0.2) is 27.6 Å². The lowest BCUT2D eigenvalue weighted by Crippen LogP contribution is -2.34. The molecule has 0 spiro atoms. The molecule has 0 unspecified atom stereocenters. The van der Waals surface area contributed by atoms with Gasteiger partial charge in [0.05, 0.1) is 6.54 Å². The molecule has 0 atom stereocenters. The monoisotopic (exact) mass is 271 g/mol. The van der Waals surface area contributed by atoms with Crippen molar-refractivity contribution < 1.29 is 0 Å². The second-order valence-electron chi connectivity index (χ2n) is 5.16. The third-order valence-electron chi connectivity index (χ3n) is 3.63. The molecule has 106 valence electrons. The number of imidazole rings is 1. The molecule has 5 heteroatoms. The van der Waals surface area contributed by atoms with Gasteiger partial charge < -0.3 is 14.8 Å². The number of anilines is 1. The topological polar surface area (TPSA) is 46.0 Å². The van der Waals surface area contributed by atoms with Gasteiger partial charge in [0.2, 0.25) is 0 Å². The van der Waals surface area contributed by atoms with Crippen molar-refractivity contribution >= 4 is 5.82 Å². The van der Waals surface area contributed by atoms with Gasteiger partial charge in [-0.1, -0.05) is 6.92 Å². The fraction of sp³-hybridized carbons (Fsp3) is 0.467. The molecule has 0 aliphatic carbocycles. The van der Waals surface area contributed by atoms with Gasteiger partial charge in [0.25, 0.3) is 0 Å². The molecule has 0 bridgehead atoms. The normalized spacial score (nSPS) is 14.3. The number of fused-ring (bicyclic) bond motifs is 1. The van der Waals surface area contributed by atoms with Crippen LogP contribution in [0.3, 0.4) is 0 Å². The van der Waals surface area contributed by atoms with Gasteiger partial charge in [0.15, 0.2) is 0 Å². The van der Waals surface area contributed by atoms with E-state index in [-0.39, 0.29) is 0 Å². The Labute approximate surface area is 119 Å². The van der Waals surface area contributed by atoms with Crippen molar-refractivity contribution in [1.29, 1.82) is 0 Å². The Morgan fingerprint density at radius 1 is 1.25 bits per heavy atom. The van der Waals surface area contributed by atoms with Crippen LogP contribution in [0.15, 0.2) is 30.7 Å². The molecular formula is C15H21N5. The van der Waals surface area contributed by atoms with Crippen molar-refractivity contribution in [3.63, 3.8) is 0 Å². The highest BCUT2D eigenvalue weighted by molar-refractivity contribution is 5.41. The SMILES string of the molecule is CCCNCc1ccnc(N2CCn3ccnc3C2)c1. The second-order valence-corrected chi connectivity index (χ2v) is 5.16. The summed E-state index contributed by atoms with van der Waals surface area (Å²) < 4.78 is 2.21. The van der Waals surface area contributed by atoms with Crippen molar-refractivity contribution in [2.75, 3.05) is 18.0 Å². The zero-order valence-corrected chi connectivity index (χ0v) is 11.9. The summed E-state index contributed by atoms with van der Waals surface area (Å²) in [6.07, 6.45) is 6.98. The highest BCUT2D eigenvalue weighted by atomic mass is 15.3. The molecular weight excluding hydrogens is 250 g/mol. The molecule has 0 saturated carbocycles. The zero-order chi connectivity index (χ0) is 13.8. The third kappa shape index (κ3) is 2.82. The third-order valence-corrected chi connectivity index (χ3v) is 3.63. The second kappa shape index (κ2) is 6.05. The number of hydrogen-bond donors (Lipinski definition) is 1. The molecule has 20 heavy (non-hydrogen) atoms. The Morgan fingerprint density at radius 2 is 2.20 bits per heavy atom. The Morgan fingerprint density at radius 3 is 3.10 bits per heavy atom. The number of nitrogens with one attached hydrogen (secondary N) is 1. The Balaban J connectivity index is 1.70. The van der Waals surface area contributed by atoms with Crippen LogP contribution in [0.25, 0.3) is 0 Å². The van der Waals surface area contributed by atoms with Gasteiger partial charge >= 0.3 is 0 Å². The van der Waals surface area contributed by atoms with Gasteiger partial charge in [0, 0.05) is 38.2 Å². The molecule has 1 aliphatic rings. The maximum atomic E-state index is 4.51. The van der Waals surface area contributed by atoms with Gasteiger partial charge in [-0.15, -0.1) is 0 Å². The Bertz CT molecular complexity index is 563. The van der Waals surface area contributed by atoms with Crippen LogP contribution in [0.4, 0.5) is 5.82 Å². The van der Waals surface area contributed by atoms with E-state index in [0.717, 1.165) is 50.8 Å². The highest BCUT2D eigenvalue weighted by Crippen LogP contribution is 2.18. The van der Waals surface area contributed by atoms with Crippen LogP contribution in [-0.2, 0) is 19.6 Å². The summed E-state index contributed by atoms with van der Waals surface area (Å²) in [6, 6.07) is 4.26. The lowest BCUT2D eigenvalue weighted by Gasteiger charge is -2.28. The van der Waals surface area contributed by atoms with Crippen molar-refractivity contribution in [2.24, 2.45) is 0 Å². The molecule has 3 heterocycles. The minimum Gasteiger partial charge on any atom is -0.347 e. The van der Waals surface area contributed by atoms with E-state index in [0.29, 0.717) is 0 Å². The number of rotatable bonds is 5. The van der Waals surface area contributed by atoms with Crippen LogP contribution in [0.1, 0.15) is 24.7 Å². The fourth-order valence-electron chi connectivity index (χ4n) is 2.52. The predicted molar refractivity (Wildman–Crippen MR) is 79.5 cm³/mol. The zero-order valence-electron chi connectivity index (χ0n) is 11.9. The van der Waals surface area contributed by atoms with Gasteiger partial charge in [-0.3, -0.25) is 0 Å². The smallest absolute Gasteiger partial charge is 0.129 e. The minimum atomic E-state index is 0.839. The molecule has 0 amide bonds. The van der Waals surface area contributed by atoms with Gasteiger partial charge in [0.1, 0.15) is 11.6 Å². The first kappa shape index (κ1) is 13.1. The summed E-state index contributed by atoms with van der Waals surface area (Å²) in [7, 11) is 0. The van der Waals surface area contributed by atoms with E-state index in [1.54, 1.807) is 0 Å². The first-order valence-electron chi connectivity index (χ1n) is 7.27. The van der Waals surface area contributed by atoms with Crippen LogP contribution in [0.2, 0.25) is 0 Å². The van der Waals surface area contributed by atoms with Crippen molar-refractivity contribution in [3.05, 3.63) is 42.1 Å². The number of hydrogen-bond acceptors (Lipinski definition) is 4. The van der Waals surface area contributed by atoms with Crippen molar-refractivity contribution in [1.82, 2.24) is 19.9 Å². The molecule has 0 aromatic carbocycles. The van der Waals surface area contributed by atoms with Gasteiger partial charge in [-0.25, -0.2) is 9.97 Å². The van der Waals surface area contributed by atoms with Gasteiger partial charge in [-0.05, 0) is 30.7 Å². The van der Waals surface area contributed by atoms with Crippen LogP contribution in [0, 0.1) is 0 Å². The summed E-state index contributed by atoms with van der Waals surface area (Å²) in [6.45, 7) is 6.95. The van der Waals surface area contributed by atoms with E-state index >= 15 is 0 Å². The average Bonchev–Trinajstić information content (AvgIpc) is 2.95. The molecule has 1 aliphatic heterocycles. The molecule has 2 aromatic heterocycles. The van der Waals surface area contributed by atoms with Crippen LogP contribution < -0.4 is 10.2 Å². The summed E-state index contributed by atoms with van der Waals surface area (Å²) in [5.74, 6) is 2.17. The highest BCUT2D eigenvalue weighted by Gasteiger charge is 2.17. The summed E-state index contributed by atoms with van der Waals surface area (Å²) >= 11 is 0. The molecule has 2 aromatic rings. The lowest BCUT2D eigenvalue weighted by molar-refractivity contribution is 0.556. The summed E-state index contributed by atoms with van der Waals surface area (Å²) in [5.41, 5.74) is 1.29. The Kier molecular flexibility index (Phi) is 3.97. The molecule has 1 N–H and O–H groups in total. The van der Waals surface area contributed by atoms with E-state index in [9.17, 15) is 0 Å². The van der Waals surface area contributed by atoms with E-state index in [1.807, 2.05) is 18.6 Å². The molecule has 0 radical (unpaired) electrons. The van der Waals surface area contributed by atoms with E-state index in [1.165, 1.54) is 5.56 Å². The molecule has 0 saturated heterocycles. The quantitative estimate of drug-likeness (QED) is 0.842. The lowest BCUT2D eigenvalue weighted by atomic mass is 10.2. The van der Waals surface area contributed by atoms with Gasteiger partial charge in [-0.2, -0.15) is 0 Å². The maximum absolute atomic E-state index is 4.51. The van der Waals surface area contributed by atoms with E-state index in [2.05, 4.69) is 43.8 Å². The summed E-state index contributed by atoms with van der Waals surface area (Å²) in [5, 5.41) is 3.43. The number of pyridine rings is 1. The van der Waals surface area contributed by atoms with Crippen molar-refractivity contribution in [2.45, 2.75) is 33.0 Å². The first-order chi connectivity index (χ1) is 9.86. The summed E-state index contributed by atoms with van der Waals surface area (Å²) in [4.78, 5) is 11.2. The minimum absolute atomic E-state index is 0.839. The first-order valence-corrected chi connectivity index (χ1v) is 7.27. The largest absolute Gasteiger partial charge is 0.347 e. The van der Waals surface area contributed by atoms with Crippen LogP contribution >= 0.6 is 0 Å². The molecule has 0 fully saturated rings. The number of aromatic nitrogens is 3. The average molecular weight is 271 g/mol. The molecule has 5 nitrogen and oxygen atoms in total. The fourth-order valence-corrected chi connectivity index (χ4v) is 2.52. The number of nitrogens with zero attached hydrogens (tertiary/aromatic N) is 4. The van der Waals surface area contributed by atoms with Crippen molar-refractivity contribution in [3.8, 4) is 0 Å². The molecule has 3 rings (SSSR count). The predicted octanol–water partition coefficient (Wildman–Crippen LogP) is 1.80. The maximum Gasteiger partial charge on any atom is 0.129 e. The standard InChI is InChI=1S/C15H21N5/c1-2-4-16-11-13-3-5-17-14(10-13)20-9-8-19-7-6-18-15(19)12-20/h3,5-7,10,16H,2,4,8-9,11-12H2,1H3. The van der Waals surface area contributed by atoms with E-state index in [4.69, 9.17) is 0 Å². The van der Waals surface area contributed by atoms with E-state index < -0.39 is 0 Å². The van der Waals surface area contributed by atoms with Crippen LogP contribution in [0.5, 0.6) is 0 Å². The Hall–Kier alpha value is -1.88.